The zero-order chi connectivity index (χ0) is 16.9. The lowest BCUT2D eigenvalue weighted by Gasteiger charge is -2.08. The van der Waals surface area contributed by atoms with Crippen LogP contribution >= 0.6 is 11.3 Å². The zero-order valence-electron chi connectivity index (χ0n) is 13.2. The average molecular weight is 339 g/mol. The van der Waals surface area contributed by atoms with Gasteiger partial charge in [0, 0.05) is 10.9 Å². The fourth-order valence-electron chi connectivity index (χ4n) is 2.36. The van der Waals surface area contributed by atoms with Crippen molar-refractivity contribution in [3.63, 3.8) is 0 Å². The molecule has 1 heterocycles. The third-order valence-corrected chi connectivity index (χ3v) is 4.45. The van der Waals surface area contributed by atoms with Crippen LogP contribution in [-0.4, -0.2) is 13.1 Å². The second kappa shape index (κ2) is 7.19. The fourth-order valence-corrected chi connectivity index (χ4v) is 3.17. The maximum atomic E-state index is 12.5. The van der Waals surface area contributed by atoms with E-state index in [9.17, 15) is 4.79 Å². The van der Waals surface area contributed by atoms with Crippen molar-refractivity contribution < 1.29 is 14.3 Å². The molecular weight excluding hydrogens is 322 g/mol. The summed E-state index contributed by atoms with van der Waals surface area (Å²) >= 11 is 1.33. The molecule has 0 unspecified atom stereocenters. The normalized spacial score (nSPS) is 10.4. The highest BCUT2D eigenvalue weighted by atomic mass is 32.1. The Hall–Kier alpha value is -2.79. The molecule has 0 amide bonds. The lowest BCUT2D eigenvalue weighted by atomic mass is 10.0. The van der Waals surface area contributed by atoms with Crippen LogP contribution in [0.25, 0.3) is 11.1 Å². The minimum Gasteiger partial charge on any atom is -0.497 e. The first-order chi connectivity index (χ1) is 11.7. The molecule has 3 aromatic rings. The third-order valence-electron chi connectivity index (χ3n) is 3.64. The Morgan fingerprint density at radius 2 is 1.79 bits per heavy atom. The number of nitrogens with two attached hydrogens (primary N) is 1. The molecule has 0 saturated carbocycles. The Morgan fingerprint density at radius 1 is 1.08 bits per heavy atom. The monoisotopic (exact) mass is 339 g/mol. The quantitative estimate of drug-likeness (QED) is 0.702. The maximum Gasteiger partial charge on any atom is 0.342 e. The van der Waals surface area contributed by atoms with E-state index in [0.717, 1.165) is 22.4 Å². The summed E-state index contributed by atoms with van der Waals surface area (Å²) in [7, 11) is 1.62. The first-order valence-electron chi connectivity index (χ1n) is 7.41. The molecule has 2 aromatic carbocycles. The molecule has 0 fully saturated rings. The van der Waals surface area contributed by atoms with Crippen LogP contribution in [0.15, 0.2) is 60.0 Å². The van der Waals surface area contributed by atoms with Crippen LogP contribution in [0.3, 0.4) is 0 Å². The first-order valence-corrected chi connectivity index (χ1v) is 8.29. The number of hydrogen-bond acceptors (Lipinski definition) is 5. The largest absolute Gasteiger partial charge is 0.497 e. The molecule has 0 saturated heterocycles. The van der Waals surface area contributed by atoms with Crippen molar-refractivity contribution in [3.05, 3.63) is 71.1 Å². The van der Waals surface area contributed by atoms with Crippen LogP contribution in [0.2, 0.25) is 0 Å². The number of thiophene rings is 1. The maximum absolute atomic E-state index is 12.5. The van der Waals surface area contributed by atoms with Gasteiger partial charge in [-0.05, 0) is 23.3 Å². The summed E-state index contributed by atoms with van der Waals surface area (Å²) in [6, 6.07) is 17.1. The van der Waals surface area contributed by atoms with E-state index in [4.69, 9.17) is 15.2 Å². The van der Waals surface area contributed by atoms with E-state index >= 15 is 0 Å². The second-order valence-electron chi connectivity index (χ2n) is 5.18. The molecule has 0 aliphatic heterocycles. The van der Waals surface area contributed by atoms with E-state index in [1.165, 1.54) is 11.3 Å². The Bertz CT molecular complexity index is 826. The number of carbonyl (C=O) groups is 1. The number of benzene rings is 2. The Morgan fingerprint density at radius 3 is 2.46 bits per heavy atom. The van der Waals surface area contributed by atoms with Crippen molar-refractivity contribution in [1.82, 2.24) is 0 Å². The molecule has 0 bridgehead atoms. The average Bonchev–Trinajstić information content (AvgIpc) is 3.02. The van der Waals surface area contributed by atoms with E-state index < -0.39 is 5.97 Å². The van der Waals surface area contributed by atoms with Crippen molar-refractivity contribution in [2.24, 2.45) is 0 Å². The molecule has 1 aromatic heterocycles. The number of rotatable bonds is 5. The summed E-state index contributed by atoms with van der Waals surface area (Å²) in [4.78, 5) is 12.5. The summed E-state index contributed by atoms with van der Waals surface area (Å²) in [6.07, 6.45) is 0. The van der Waals surface area contributed by atoms with Crippen molar-refractivity contribution >= 4 is 22.3 Å². The van der Waals surface area contributed by atoms with Crippen LogP contribution < -0.4 is 10.5 Å². The smallest absolute Gasteiger partial charge is 0.342 e. The van der Waals surface area contributed by atoms with Gasteiger partial charge in [-0.25, -0.2) is 4.79 Å². The predicted octanol–water partition coefficient (Wildman–Crippen LogP) is 4.36. The number of hydrogen-bond donors (Lipinski definition) is 1. The molecule has 24 heavy (non-hydrogen) atoms. The van der Waals surface area contributed by atoms with Gasteiger partial charge in [-0.15, -0.1) is 11.3 Å². The number of anilines is 1. The van der Waals surface area contributed by atoms with Gasteiger partial charge in [0.15, 0.2) is 0 Å². The number of carbonyl (C=O) groups excluding carboxylic acids is 1. The van der Waals surface area contributed by atoms with Crippen LogP contribution in [-0.2, 0) is 11.3 Å². The van der Waals surface area contributed by atoms with Gasteiger partial charge in [-0.3, -0.25) is 0 Å². The minimum atomic E-state index is -0.413. The van der Waals surface area contributed by atoms with Crippen LogP contribution in [0.1, 0.15) is 15.9 Å². The van der Waals surface area contributed by atoms with Crippen LogP contribution in [0.4, 0.5) is 5.00 Å². The van der Waals surface area contributed by atoms with Gasteiger partial charge in [0.05, 0.1) is 7.11 Å². The standard InChI is InChI=1S/C19H17NO3S/c1-22-15-9-7-14(8-10-15)16-12-24-18(20)17(16)19(21)23-11-13-5-3-2-4-6-13/h2-10,12H,11,20H2,1H3. The molecule has 0 aliphatic rings. The van der Waals surface area contributed by atoms with Gasteiger partial charge in [0.1, 0.15) is 22.9 Å². The lowest BCUT2D eigenvalue weighted by Crippen LogP contribution is -2.07. The zero-order valence-corrected chi connectivity index (χ0v) is 14.0. The van der Waals surface area contributed by atoms with Crippen molar-refractivity contribution in [2.75, 3.05) is 12.8 Å². The summed E-state index contributed by atoms with van der Waals surface area (Å²) in [5.41, 5.74) is 9.03. The molecule has 122 valence electrons. The molecule has 0 atom stereocenters. The number of nitrogen functional groups attached to an aromatic ring is 1. The Kier molecular flexibility index (Phi) is 4.82. The van der Waals surface area contributed by atoms with Gasteiger partial charge in [-0.2, -0.15) is 0 Å². The molecule has 2 N–H and O–H groups in total. The second-order valence-corrected chi connectivity index (χ2v) is 6.09. The fraction of sp³-hybridized carbons (Fsp3) is 0.105. The SMILES string of the molecule is COc1ccc(-c2csc(N)c2C(=O)OCc2ccccc2)cc1. The highest BCUT2D eigenvalue weighted by molar-refractivity contribution is 7.14. The lowest BCUT2D eigenvalue weighted by molar-refractivity contribution is 0.0475. The van der Waals surface area contributed by atoms with E-state index in [2.05, 4.69) is 0 Å². The van der Waals surface area contributed by atoms with E-state index in [1.807, 2.05) is 60.0 Å². The van der Waals surface area contributed by atoms with Crippen molar-refractivity contribution in [3.8, 4) is 16.9 Å². The van der Waals surface area contributed by atoms with Gasteiger partial charge >= 0.3 is 5.97 Å². The number of ether oxygens (including phenoxy) is 2. The Labute approximate surface area is 144 Å². The number of esters is 1. The number of methoxy groups -OCH3 is 1. The van der Waals surface area contributed by atoms with Gasteiger partial charge in [0.25, 0.3) is 0 Å². The molecular formula is C19H17NO3S. The molecule has 3 rings (SSSR count). The summed E-state index contributed by atoms with van der Waals surface area (Å²) in [6.45, 7) is 0.219. The topological polar surface area (TPSA) is 61.5 Å². The molecule has 4 nitrogen and oxygen atoms in total. The third kappa shape index (κ3) is 3.41. The summed E-state index contributed by atoms with van der Waals surface area (Å²) in [5.74, 6) is 0.346. The summed E-state index contributed by atoms with van der Waals surface area (Å²) < 4.78 is 10.6. The van der Waals surface area contributed by atoms with Crippen molar-refractivity contribution in [1.29, 1.82) is 0 Å². The van der Waals surface area contributed by atoms with Crippen LogP contribution in [0.5, 0.6) is 5.75 Å². The molecule has 0 spiro atoms. The van der Waals surface area contributed by atoms with Gasteiger partial charge in [0.2, 0.25) is 0 Å². The summed E-state index contributed by atoms with van der Waals surface area (Å²) in [5, 5.41) is 2.33. The molecule has 0 aliphatic carbocycles. The van der Waals surface area contributed by atoms with Gasteiger partial charge in [-0.1, -0.05) is 42.5 Å². The van der Waals surface area contributed by atoms with Crippen LogP contribution in [0, 0.1) is 0 Å². The van der Waals surface area contributed by atoms with E-state index in [-0.39, 0.29) is 6.61 Å². The predicted molar refractivity (Wildman–Crippen MR) is 96.3 cm³/mol. The van der Waals surface area contributed by atoms with Crippen molar-refractivity contribution in [2.45, 2.75) is 6.61 Å². The first kappa shape index (κ1) is 16.1. The molecule has 5 heteroatoms. The van der Waals surface area contributed by atoms with E-state index in [1.54, 1.807) is 7.11 Å². The highest BCUT2D eigenvalue weighted by Gasteiger charge is 2.20. The molecule has 0 radical (unpaired) electrons. The van der Waals surface area contributed by atoms with Gasteiger partial charge < -0.3 is 15.2 Å². The minimum absolute atomic E-state index is 0.219. The Balaban J connectivity index is 1.82. The van der Waals surface area contributed by atoms with E-state index in [0.29, 0.717) is 10.6 Å². The highest BCUT2D eigenvalue weighted by Crippen LogP contribution is 2.35.